The molecule has 0 amide bonds. The van der Waals surface area contributed by atoms with Crippen molar-refractivity contribution in [3.8, 4) is 0 Å². The molecule has 0 heterocycles. The molecule has 162 valence electrons. The molecule has 4 rings (SSSR count). The molecule has 0 aromatic heterocycles. The minimum Gasteiger partial charge on any atom is -0.478 e. The number of aliphatic carboxylic acids is 1. The molecule has 0 radical (unpaired) electrons. The molecule has 0 spiro atoms. The molecule has 3 nitrogen and oxygen atoms in total. The van der Waals surface area contributed by atoms with E-state index in [-0.39, 0.29) is 0 Å². The summed E-state index contributed by atoms with van der Waals surface area (Å²) < 4.78 is 0. The van der Waals surface area contributed by atoms with Crippen LogP contribution in [-0.4, -0.2) is 11.1 Å². The predicted molar refractivity (Wildman–Crippen MR) is 138 cm³/mol. The SMILES string of the molecule is Cc1ccc(N(c2ccccc2)c2ccc(C=Cc3ccc(/C=C/C(=O)O)cc3)cc2)cc1. The van der Waals surface area contributed by atoms with E-state index in [0.29, 0.717) is 0 Å². The summed E-state index contributed by atoms with van der Waals surface area (Å²) in [6.45, 7) is 2.10. The number of hydrogen-bond acceptors (Lipinski definition) is 2. The van der Waals surface area contributed by atoms with Crippen molar-refractivity contribution in [3.63, 3.8) is 0 Å². The van der Waals surface area contributed by atoms with Crippen LogP contribution in [0, 0.1) is 6.92 Å². The van der Waals surface area contributed by atoms with Crippen molar-refractivity contribution >= 4 is 41.3 Å². The van der Waals surface area contributed by atoms with Gasteiger partial charge in [-0.05, 0) is 66.1 Å². The quantitative estimate of drug-likeness (QED) is 0.240. The first-order chi connectivity index (χ1) is 16.1. The molecule has 0 aliphatic rings. The normalized spacial score (nSPS) is 11.2. The monoisotopic (exact) mass is 431 g/mol. The van der Waals surface area contributed by atoms with Gasteiger partial charge in [-0.25, -0.2) is 4.79 Å². The van der Waals surface area contributed by atoms with Gasteiger partial charge in [0.05, 0.1) is 0 Å². The molecule has 4 aromatic rings. The molecule has 0 bridgehead atoms. The zero-order valence-electron chi connectivity index (χ0n) is 18.4. The maximum absolute atomic E-state index is 10.6. The van der Waals surface area contributed by atoms with Crippen LogP contribution in [0.25, 0.3) is 18.2 Å². The second-order valence-corrected chi connectivity index (χ2v) is 7.77. The number of anilines is 3. The zero-order chi connectivity index (χ0) is 23.0. The first-order valence-corrected chi connectivity index (χ1v) is 10.8. The highest BCUT2D eigenvalue weighted by molar-refractivity contribution is 5.85. The lowest BCUT2D eigenvalue weighted by Crippen LogP contribution is -2.09. The number of rotatable bonds is 7. The molecule has 0 aliphatic carbocycles. The number of nitrogens with zero attached hydrogens (tertiary/aromatic N) is 1. The number of carboxylic acids is 1. The van der Waals surface area contributed by atoms with Gasteiger partial charge in [-0.3, -0.25) is 0 Å². The third-order valence-electron chi connectivity index (χ3n) is 5.28. The maximum Gasteiger partial charge on any atom is 0.328 e. The van der Waals surface area contributed by atoms with Crippen LogP contribution in [0.4, 0.5) is 17.1 Å². The molecule has 0 unspecified atom stereocenters. The highest BCUT2D eigenvalue weighted by atomic mass is 16.4. The second kappa shape index (κ2) is 10.3. The number of aryl methyl sites for hydroxylation is 1. The molecule has 1 N–H and O–H groups in total. The van der Waals surface area contributed by atoms with Gasteiger partial charge in [-0.15, -0.1) is 0 Å². The Labute approximate surface area is 194 Å². The van der Waals surface area contributed by atoms with Crippen LogP contribution < -0.4 is 4.90 Å². The van der Waals surface area contributed by atoms with Crippen molar-refractivity contribution in [1.82, 2.24) is 0 Å². The fraction of sp³-hybridized carbons (Fsp3) is 0.0333. The Morgan fingerprint density at radius 3 is 1.55 bits per heavy atom. The van der Waals surface area contributed by atoms with Crippen LogP contribution in [0.3, 0.4) is 0 Å². The lowest BCUT2D eigenvalue weighted by atomic mass is 10.1. The minimum absolute atomic E-state index is 0.857. The topological polar surface area (TPSA) is 40.5 Å². The Bertz CT molecular complexity index is 1250. The van der Waals surface area contributed by atoms with E-state index < -0.39 is 5.97 Å². The van der Waals surface area contributed by atoms with Gasteiger partial charge in [0.15, 0.2) is 0 Å². The number of para-hydroxylation sites is 1. The van der Waals surface area contributed by atoms with Crippen molar-refractivity contribution in [3.05, 3.63) is 131 Å². The van der Waals surface area contributed by atoms with Gasteiger partial charge >= 0.3 is 5.97 Å². The highest BCUT2D eigenvalue weighted by Gasteiger charge is 2.11. The standard InChI is InChI=1S/C30H25NO2/c1-23-7-18-28(19-8-23)31(27-5-3-2-4-6-27)29-20-15-26(16-21-29)14-11-24-9-12-25(13-10-24)17-22-30(32)33/h2-22H,1H3,(H,32,33)/b14-11?,22-17+. The summed E-state index contributed by atoms with van der Waals surface area (Å²) in [6, 6.07) is 35.1. The van der Waals surface area contributed by atoms with Gasteiger partial charge in [0.2, 0.25) is 0 Å². The van der Waals surface area contributed by atoms with Crippen LogP contribution in [0.1, 0.15) is 22.3 Å². The minimum atomic E-state index is -0.948. The van der Waals surface area contributed by atoms with E-state index in [1.807, 2.05) is 30.3 Å². The van der Waals surface area contributed by atoms with Crippen LogP contribution in [0.15, 0.2) is 109 Å². The third-order valence-corrected chi connectivity index (χ3v) is 5.28. The van der Waals surface area contributed by atoms with E-state index in [2.05, 4.69) is 96.8 Å². The van der Waals surface area contributed by atoms with E-state index in [1.54, 1.807) is 6.08 Å². The Hall–Kier alpha value is -4.37. The summed E-state index contributed by atoms with van der Waals surface area (Å²) in [4.78, 5) is 12.9. The van der Waals surface area contributed by atoms with Crippen molar-refractivity contribution in [2.45, 2.75) is 6.92 Å². The van der Waals surface area contributed by atoms with Gasteiger partial charge in [-0.2, -0.15) is 0 Å². The Morgan fingerprint density at radius 2 is 1.03 bits per heavy atom. The largest absolute Gasteiger partial charge is 0.478 e. The summed E-state index contributed by atoms with van der Waals surface area (Å²) >= 11 is 0. The van der Waals surface area contributed by atoms with E-state index in [4.69, 9.17) is 5.11 Å². The average Bonchev–Trinajstić information content (AvgIpc) is 2.85. The van der Waals surface area contributed by atoms with Gasteiger partial charge in [-0.1, -0.05) is 84.4 Å². The summed E-state index contributed by atoms with van der Waals surface area (Å²) in [5.41, 5.74) is 7.57. The average molecular weight is 432 g/mol. The predicted octanol–water partition coefficient (Wildman–Crippen LogP) is 7.73. The van der Waals surface area contributed by atoms with E-state index >= 15 is 0 Å². The molecule has 0 saturated heterocycles. The van der Waals surface area contributed by atoms with E-state index in [1.165, 1.54) is 5.56 Å². The smallest absolute Gasteiger partial charge is 0.328 e. The summed E-state index contributed by atoms with van der Waals surface area (Å²) in [7, 11) is 0. The Kier molecular flexibility index (Phi) is 6.81. The lowest BCUT2D eigenvalue weighted by molar-refractivity contribution is -0.131. The highest BCUT2D eigenvalue weighted by Crippen LogP contribution is 2.34. The van der Waals surface area contributed by atoms with Crippen LogP contribution >= 0.6 is 0 Å². The van der Waals surface area contributed by atoms with Gasteiger partial charge in [0, 0.05) is 23.1 Å². The van der Waals surface area contributed by atoms with Gasteiger partial charge < -0.3 is 10.0 Å². The van der Waals surface area contributed by atoms with E-state index in [9.17, 15) is 4.79 Å². The van der Waals surface area contributed by atoms with Gasteiger partial charge in [0.1, 0.15) is 0 Å². The summed E-state index contributed by atoms with van der Waals surface area (Å²) in [5, 5.41) is 8.73. The number of hydrogen-bond donors (Lipinski definition) is 1. The number of carboxylic acid groups (broad SMARTS) is 1. The molecular weight excluding hydrogens is 406 g/mol. The molecule has 0 atom stereocenters. The Balaban J connectivity index is 1.54. The lowest BCUT2D eigenvalue weighted by Gasteiger charge is -2.25. The number of benzene rings is 4. The first-order valence-electron chi connectivity index (χ1n) is 10.8. The third kappa shape index (κ3) is 5.86. The van der Waals surface area contributed by atoms with Crippen molar-refractivity contribution < 1.29 is 9.90 Å². The second-order valence-electron chi connectivity index (χ2n) is 7.77. The summed E-state index contributed by atoms with van der Waals surface area (Å²) in [5.74, 6) is -0.948. The van der Waals surface area contributed by atoms with Crippen LogP contribution in [-0.2, 0) is 4.79 Å². The molecule has 0 saturated carbocycles. The van der Waals surface area contributed by atoms with Crippen molar-refractivity contribution in [2.75, 3.05) is 4.90 Å². The molecular formula is C30H25NO2. The summed E-state index contributed by atoms with van der Waals surface area (Å²) in [6.07, 6.45) is 6.85. The zero-order valence-corrected chi connectivity index (χ0v) is 18.4. The van der Waals surface area contributed by atoms with Crippen LogP contribution in [0.2, 0.25) is 0 Å². The molecule has 0 aliphatic heterocycles. The number of carbonyl (C=O) groups is 1. The molecule has 4 aromatic carbocycles. The molecule has 33 heavy (non-hydrogen) atoms. The fourth-order valence-electron chi connectivity index (χ4n) is 3.53. The molecule has 3 heteroatoms. The van der Waals surface area contributed by atoms with Crippen LogP contribution in [0.5, 0.6) is 0 Å². The first kappa shape index (κ1) is 21.8. The molecule has 0 fully saturated rings. The van der Waals surface area contributed by atoms with Crippen molar-refractivity contribution in [1.29, 1.82) is 0 Å². The van der Waals surface area contributed by atoms with E-state index in [0.717, 1.165) is 39.8 Å². The van der Waals surface area contributed by atoms with Gasteiger partial charge in [0.25, 0.3) is 0 Å². The Morgan fingerprint density at radius 1 is 0.606 bits per heavy atom. The fourth-order valence-corrected chi connectivity index (χ4v) is 3.53. The maximum atomic E-state index is 10.6. The van der Waals surface area contributed by atoms with Crippen molar-refractivity contribution in [2.24, 2.45) is 0 Å².